The average Bonchev–Trinajstić information content (AvgIpc) is 3.30. The lowest BCUT2D eigenvalue weighted by Crippen LogP contribution is -2.40. The molecule has 0 aliphatic rings. The molecule has 0 saturated carbocycles. The molecule has 4 aromatic rings. The van der Waals surface area contributed by atoms with Crippen LogP contribution in [-0.2, 0) is 6.54 Å². The van der Waals surface area contributed by atoms with Gasteiger partial charge in [-0.2, -0.15) is 0 Å². The zero-order valence-electron chi connectivity index (χ0n) is 21.5. The van der Waals surface area contributed by atoms with Gasteiger partial charge in [-0.05, 0) is 43.5 Å². The van der Waals surface area contributed by atoms with Crippen LogP contribution in [-0.4, -0.2) is 33.4 Å². The summed E-state index contributed by atoms with van der Waals surface area (Å²) < 4.78 is 2.21. The van der Waals surface area contributed by atoms with E-state index < -0.39 is 0 Å². The first-order chi connectivity index (χ1) is 17.5. The third-order valence-corrected chi connectivity index (χ3v) is 6.47. The molecule has 0 spiro atoms. The summed E-state index contributed by atoms with van der Waals surface area (Å²) in [7, 11) is 0. The maximum absolute atomic E-state index is 13.9. The van der Waals surface area contributed by atoms with Crippen molar-refractivity contribution in [2.24, 2.45) is 11.7 Å². The molecule has 1 aromatic heterocycles. The number of aryl methyl sites for hydroxylation is 1. The lowest BCUT2D eigenvalue weighted by Gasteiger charge is -2.34. The van der Waals surface area contributed by atoms with Crippen molar-refractivity contribution in [2.75, 3.05) is 13.1 Å². The van der Waals surface area contributed by atoms with Gasteiger partial charge in [0.15, 0.2) is 0 Å². The first kappa shape index (κ1) is 25.4. The molecule has 1 amide bonds. The molecule has 5 nitrogen and oxygen atoms in total. The van der Waals surface area contributed by atoms with Crippen LogP contribution in [0.3, 0.4) is 0 Å². The van der Waals surface area contributed by atoms with Crippen molar-refractivity contribution in [3.63, 3.8) is 0 Å². The van der Waals surface area contributed by atoms with E-state index in [9.17, 15) is 4.79 Å². The number of nitrogens with two attached hydrogens (primary N) is 1. The summed E-state index contributed by atoms with van der Waals surface area (Å²) in [6.07, 6.45) is 2.84. The fourth-order valence-electron chi connectivity index (χ4n) is 4.61. The number of rotatable bonds is 10. The van der Waals surface area contributed by atoms with E-state index in [4.69, 9.17) is 10.7 Å². The number of amides is 1. The number of imidazole rings is 1. The molecule has 1 atom stereocenters. The Morgan fingerprint density at radius 2 is 1.58 bits per heavy atom. The smallest absolute Gasteiger partial charge is 0.254 e. The van der Waals surface area contributed by atoms with Crippen LogP contribution in [0, 0.1) is 12.8 Å². The molecular weight excluding hydrogens is 444 g/mol. The summed E-state index contributed by atoms with van der Waals surface area (Å²) in [5, 5.41) is 0. The van der Waals surface area contributed by atoms with E-state index in [1.54, 1.807) is 0 Å². The van der Waals surface area contributed by atoms with Crippen molar-refractivity contribution in [3.8, 4) is 11.3 Å². The van der Waals surface area contributed by atoms with Gasteiger partial charge in [0.05, 0.1) is 11.7 Å². The zero-order valence-corrected chi connectivity index (χ0v) is 21.5. The molecule has 0 unspecified atom stereocenters. The van der Waals surface area contributed by atoms with Crippen LogP contribution in [0.2, 0.25) is 0 Å². The first-order valence-electron chi connectivity index (χ1n) is 12.7. The van der Waals surface area contributed by atoms with E-state index in [0.717, 1.165) is 29.1 Å². The maximum atomic E-state index is 13.9. The lowest BCUT2D eigenvalue weighted by atomic mass is 9.99. The van der Waals surface area contributed by atoms with Crippen LogP contribution in [0.5, 0.6) is 0 Å². The normalized spacial score (nSPS) is 12.0. The second-order valence-corrected chi connectivity index (χ2v) is 9.66. The van der Waals surface area contributed by atoms with Gasteiger partial charge in [0.25, 0.3) is 5.91 Å². The highest BCUT2D eigenvalue weighted by molar-refractivity contribution is 5.94. The molecule has 186 valence electrons. The first-order valence-corrected chi connectivity index (χ1v) is 12.7. The van der Waals surface area contributed by atoms with Crippen LogP contribution in [0.25, 0.3) is 11.3 Å². The number of hydrogen-bond acceptors (Lipinski definition) is 3. The number of hydrogen-bond donors (Lipinski definition) is 1. The topological polar surface area (TPSA) is 64.2 Å². The summed E-state index contributed by atoms with van der Waals surface area (Å²) in [5.41, 5.74) is 10.9. The summed E-state index contributed by atoms with van der Waals surface area (Å²) in [4.78, 5) is 21.0. The highest BCUT2D eigenvalue weighted by atomic mass is 16.2. The SMILES string of the molecule is Cc1ccc(C(=O)N(CCCN)[C@@H](c2nc(-c3ccccc3)cn2Cc2ccccc2)C(C)C)cc1. The Balaban J connectivity index is 1.81. The minimum atomic E-state index is -0.202. The van der Waals surface area contributed by atoms with Gasteiger partial charge in [-0.3, -0.25) is 4.79 Å². The Morgan fingerprint density at radius 3 is 2.19 bits per heavy atom. The molecule has 5 heteroatoms. The number of carbonyl (C=O) groups excluding carboxylic acids is 1. The monoisotopic (exact) mass is 480 g/mol. The predicted octanol–water partition coefficient (Wildman–Crippen LogP) is 6.10. The molecule has 4 rings (SSSR count). The summed E-state index contributed by atoms with van der Waals surface area (Å²) in [5.74, 6) is 1.06. The molecule has 0 aliphatic heterocycles. The van der Waals surface area contributed by atoms with E-state index in [1.807, 2.05) is 60.4 Å². The Labute approximate surface area is 214 Å². The Morgan fingerprint density at radius 1 is 0.944 bits per heavy atom. The fraction of sp³-hybridized carbons (Fsp3) is 0.290. The van der Waals surface area contributed by atoms with Gasteiger partial charge in [0, 0.05) is 30.4 Å². The van der Waals surface area contributed by atoms with Gasteiger partial charge in [-0.15, -0.1) is 0 Å². The molecule has 0 saturated heterocycles. The second kappa shape index (κ2) is 11.8. The quantitative estimate of drug-likeness (QED) is 0.298. The second-order valence-electron chi connectivity index (χ2n) is 9.66. The predicted molar refractivity (Wildman–Crippen MR) is 147 cm³/mol. The minimum absolute atomic E-state index is 0.0117. The van der Waals surface area contributed by atoms with Crippen LogP contribution in [0.15, 0.2) is 91.1 Å². The molecule has 0 fully saturated rings. The van der Waals surface area contributed by atoms with Crippen LogP contribution >= 0.6 is 0 Å². The van der Waals surface area contributed by atoms with Crippen molar-refractivity contribution in [1.29, 1.82) is 0 Å². The Hall–Kier alpha value is -3.70. The van der Waals surface area contributed by atoms with Crippen molar-refractivity contribution < 1.29 is 4.79 Å². The Kier molecular flexibility index (Phi) is 8.34. The fourth-order valence-corrected chi connectivity index (χ4v) is 4.61. The molecule has 0 radical (unpaired) electrons. The van der Waals surface area contributed by atoms with E-state index in [0.29, 0.717) is 25.2 Å². The molecule has 36 heavy (non-hydrogen) atoms. The molecule has 3 aromatic carbocycles. The molecule has 1 heterocycles. The number of nitrogens with zero attached hydrogens (tertiary/aromatic N) is 3. The number of aromatic nitrogens is 2. The third-order valence-electron chi connectivity index (χ3n) is 6.47. The van der Waals surface area contributed by atoms with Crippen molar-refractivity contribution in [3.05, 3.63) is 114 Å². The van der Waals surface area contributed by atoms with E-state index >= 15 is 0 Å². The van der Waals surface area contributed by atoms with Gasteiger partial charge < -0.3 is 15.2 Å². The third kappa shape index (κ3) is 5.92. The van der Waals surface area contributed by atoms with E-state index in [-0.39, 0.29) is 17.9 Å². The molecular formula is C31H36N4O. The Bertz CT molecular complexity index is 1250. The standard InChI is InChI=1S/C31H36N4O/c1-23(2)29(35(20-10-19-32)31(36)27-17-15-24(3)16-18-27)30-33-28(26-13-8-5-9-14-26)22-34(30)21-25-11-6-4-7-12-25/h4-9,11-18,22-23,29H,10,19-21,32H2,1-3H3/t29-/m1/s1. The maximum Gasteiger partial charge on any atom is 0.254 e. The molecule has 0 bridgehead atoms. The summed E-state index contributed by atoms with van der Waals surface area (Å²) in [6.45, 7) is 8.13. The van der Waals surface area contributed by atoms with Gasteiger partial charge in [-0.1, -0.05) is 92.2 Å². The van der Waals surface area contributed by atoms with Crippen molar-refractivity contribution in [2.45, 2.75) is 39.8 Å². The average molecular weight is 481 g/mol. The van der Waals surface area contributed by atoms with Gasteiger partial charge >= 0.3 is 0 Å². The van der Waals surface area contributed by atoms with Crippen LogP contribution < -0.4 is 5.73 Å². The largest absolute Gasteiger partial charge is 0.330 e. The van der Waals surface area contributed by atoms with Crippen molar-refractivity contribution in [1.82, 2.24) is 14.5 Å². The summed E-state index contributed by atoms with van der Waals surface area (Å²) >= 11 is 0. The lowest BCUT2D eigenvalue weighted by molar-refractivity contribution is 0.0604. The highest BCUT2D eigenvalue weighted by Gasteiger charge is 2.32. The van der Waals surface area contributed by atoms with E-state index in [2.05, 4.69) is 61.0 Å². The van der Waals surface area contributed by atoms with Crippen LogP contribution in [0.1, 0.15) is 53.6 Å². The van der Waals surface area contributed by atoms with E-state index in [1.165, 1.54) is 5.56 Å². The highest BCUT2D eigenvalue weighted by Crippen LogP contribution is 2.32. The van der Waals surface area contributed by atoms with Gasteiger partial charge in [0.2, 0.25) is 0 Å². The zero-order chi connectivity index (χ0) is 25.5. The number of carbonyl (C=O) groups is 1. The summed E-state index contributed by atoms with van der Waals surface area (Å²) in [6, 6.07) is 28.2. The minimum Gasteiger partial charge on any atom is -0.330 e. The molecule has 0 aliphatic carbocycles. The van der Waals surface area contributed by atoms with Crippen molar-refractivity contribution >= 4 is 5.91 Å². The number of benzene rings is 3. The molecule has 2 N–H and O–H groups in total. The van der Waals surface area contributed by atoms with Gasteiger partial charge in [-0.25, -0.2) is 4.98 Å². The van der Waals surface area contributed by atoms with Gasteiger partial charge in [0.1, 0.15) is 5.82 Å². The van der Waals surface area contributed by atoms with Crippen LogP contribution in [0.4, 0.5) is 0 Å².